The molecule has 15 heavy (non-hydrogen) atoms. The van der Waals surface area contributed by atoms with Crippen molar-refractivity contribution in [1.82, 2.24) is 14.5 Å². The van der Waals surface area contributed by atoms with E-state index in [0.717, 1.165) is 16.2 Å². The number of rotatable bonds is 3. The van der Waals surface area contributed by atoms with Gasteiger partial charge in [-0.05, 0) is 28.1 Å². The SMILES string of the molecule is Cn1ccnc1COc1ccc(Br)nc1. The number of hydrogen-bond acceptors (Lipinski definition) is 3. The minimum absolute atomic E-state index is 0.451. The lowest BCUT2D eigenvalue weighted by Crippen LogP contribution is -2.02. The van der Waals surface area contributed by atoms with Crippen LogP contribution in [0.15, 0.2) is 35.3 Å². The highest BCUT2D eigenvalue weighted by molar-refractivity contribution is 9.10. The lowest BCUT2D eigenvalue weighted by atomic mass is 10.5. The van der Waals surface area contributed by atoms with Crippen LogP contribution in [0.4, 0.5) is 0 Å². The van der Waals surface area contributed by atoms with Gasteiger partial charge < -0.3 is 9.30 Å². The van der Waals surface area contributed by atoms with E-state index in [-0.39, 0.29) is 0 Å². The van der Waals surface area contributed by atoms with Gasteiger partial charge in [0.05, 0.1) is 6.20 Å². The first-order valence-electron chi connectivity index (χ1n) is 4.46. The van der Waals surface area contributed by atoms with Crippen molar-refractivity contribution in [2.75, 3.05) is 0 Å². The summed E-state index contributed by atoms with van der Waals surface area (Å²) in [7, 11) is 1.94. The van der Waals surface area contributed by atoms with Gasteiger partial charge in [0.1, 0.15) is 22.8 Å². The van der Waals surface area contributed by atoms with E-state index in [1.807, 2.05) is 29.9 Å². The van der Waals surface area contributed by atoms with Gasteiger partial charge in [-0.1, -0.05) is 0 Å². The Kier molecular flexibility index (Phi) is 3.01. The predicted molar refractivity (Wildman–Crippen MR) is 59.5 cm³/mol. The molecule has 2 aromatic heterocycles. The molecule has 0 aromatic carbocycles. The van der Waals surface area contributed by atoms with E-state index in [4.69, 9.17) is 4.74 Å². The Morgan fingerprint density at radius 3 is 2.87 bits per heavy atom. The molecule has 0 aliphatic rings. The maximum Gasteiger partial charge on any atom is 0.146 e. The monoisotopic (exact) mass is 267 g/mol. The van der Waals surface area contributed by atoms with Crippen LogP contribution in [-0.4, -0.2) is 14.5 Å². The molecule has 0 bridgehead atoms. The quantitative estimate of drug-likeness (QED) is 0.801. The van der Waals surface area contributed by atoms with E-state index >= 15 is 0 Å². The van der Waals surface area contributed by atoms with E-state index in [2.05, 4.69) is 25.9 Å². The van der Waals surface area contributed by atoms with E-state index in [9.17, 15) is 0 Å². The molecular formula is C10H10BrN3O. The summed E-state index contributed by atoms with van der Waals surface area (Å²) in [5.41, 5.74) is 0. The van der Waals surface area contributed by atoms with Crippen LogP contribution >= 0.6 is 15.9 Å². The topological polar surface area (TPSA) is 39.9 Å². The van der Waals surface area contributed by atoms with Gasteiger partial charge in [-0.2, -0.15) is 0 Å². The van der Waals surface area contributed by atoms with Crippen LogP contribution in [0.1, 0.15) is 5.82 Å². The third-order valence-electron chi connectivity index (χ3n) is 1.99. The highest BCUT2D eigenvalue weighted by Crippen LogP contribution is 2.13. The van der Waals surface area contributed by atoms with Gasteiger partial charge in [-0.3, -0.25) is 0 Å². The van der Waals surface area contributed by atoms with Crippen LogP contribution in [-0.2, 0) is 13.7 Å². The molecule has 0 aliphatic heterocycles. The molecular weight excluding hydrogens is 258 g/mol. The van der Waals surface area contributed by atoms with E-state index < -0.39 is 0 Å². The molecule has 0 saturated heterocycles. The molecule has 0 saturated carbocycles. The Labute approximate surface area is 96.1 Å². The summed E-state index contributed by atoms with van der Waals surface area (Å²) in [6, 6.07) is 3.70. The molecule has 0 N–H and O–H groups in total. The molecule has 0 unspecified atom stereocenters. The molecule has 0 fully saturated rings. The van der Waals surface area contributed by atoms with Crippen LogP contribution in [0.5, 0.6) is 5.75 Å². The van der Waals surface area contributed by atoms with Crippen molar-refractivity contribution in [1.29, 1.82) is 0 Å². The fourth-order valence-electron chi connectivity index (χ4n) is 1.13. The Morgan fingerprint density at radius 2 is 2.27 bits per heavy atom. The normalized spacial score (nSPS) is 10.3. The summed E-state index contributed by atoms with van der Waals surface area (Å²) in [5, 5.41) is 0. The fourth-order valence-corrected chi connectivity index (χ4v) is 1.37. The van der Waals surface area contributed by atoms with Gasteiger partial charge in [-0.25, -0.2) is 9.97 Å². The molecule has 78 valence electrons. The van der Waals surface area contributed by atoms with Crippen LogP contribution in [0, 0.1) is 0 Å². The van der Waals surface area contributed by atoms with Crippen molar-refractivity contribution in [3.63, 3.8) is 0 Å². The smallest absolute Gasteiger partial charge is 0.146 e. The molecule has 4 nitrogen and oxygen atoms in total. The van der Waals surface area contributed by atoms with Gasteiger partial charge in [0.15, 0.2) is 0 Å². The van der Waals surface area contributed by atoms with Crippen molar-refractivity contribution in [3.8, 4) is 5.75 Å². The van der Waals surface area contributed by atoms with Crippen molar-refractivity contribution in [3.05, 3.63) is 41.2 Å². The number of aryl methyl sites for hydroxylation is 1. The Balaban J connectivity index is 1.99. The van der Waals surface area contributed by atoms with Gasteiger partial charge in [0.2, 0.25) is 0 Å². The summed E-state index contributed by atoms with van der Waals surface area (Å²) in [6.45, 7) is 0.451. The maximum atomic E-state index is 5.52. The fraction of sp³-hybridized carbons (Fsp3) is 0.200. The molecule has 0 atom stereocenters. The number of ether oxygens (including phenoxy) is 1. The molecule has 0 radical (unpaired) electrons. The summed E-state index contributed by atoms with van der Waals surface area (Å²) in [5.74, 6) is 1.62. The average Bonchev–Trinajstić information content (AvgIpc) is 2.63. The third-order valence-corrected chi connectivity index (χ3v) is 2.46. The summed E-state index contributed by atoms with van der Waals surface area (Å²) in [6.07, 6.45) is 5.31. The summed E-state index contributed by atoms with van der Waals surface area (Å²) >= 11 is 3.26. The largest absolute Gasteiger partial charge is 0.484 e. The molecule has 0 spiro atoms. The number of hydrogen-bond donors (Lipinski definition) is 0. The van der Waals surface area contributed by atoms with Crippen LogP contribution < -0.4 is 4.74 Å². The van der Waals surface area contributed by atoms with Gasteiger partial charge in [-0.15, -0.1) is 0 Å². The van der Waals surface area contributed by atoms with E-state index in [1.54, 1.807) is 12.4 Å². The van der Waals surface area contributed by atoms with Crippen LogP contribution in [0.25, 0.3) is 0 Å². The summed E-state index contributed by atoms with van der Waals surface area (Å²) in [4.78, 5) is 8.22. The van der Waals surface area contributed by atoms with Gasteiger partial charge in [0, 0.05) is 19.4 Å². The van der Waals surface area contributed by atoms with Crippen molar-refractivity contribution in [2.24, 2.45) is 7.05 Å². The number of imidazole rings is 1. The molecule has 0 aliphatic carbocycles. The van der Waals surface area contributed by atoms with E-state index in [0.29, 0.717) is 6.61 Å². The second-order valence-corrected chi connectivity index (χ2v) is 3.87. The first-order chi connectivity index (χ1) is 7.25. The van der Waals surface area contributed by atoms with E-state index in [1.165, 1.54) is 0 Å². The minimum Gasteiger partial charge on any atom is -0.484 e. The Morgan fingerprint density at radius 1 is 1.40 bits per heavy atom. The second kappa shape index (κ2) is 4.44. The molecule has 2 rings (SSSR count). The molecule has 2 heterocycles. The zero-order valence-corrected chi connectivity index (χ0v) is 9.81. The Hall–Kier alpha value is -1.36. The minimum atomic E-state index is 0.451. The van der Waals surface area contributed by atoms with Crippen molar-refractivity contribution >= 4 is 15.9 Å². The number of nitrogens with zero attached hydrogens (tertiary/aromatic N) is 3. The zero-order chi connectivity index (χ0) is 10.7. The second-order valence-electron chi connectivity index (χ2n) is 3.06. The predicted octanol–water partition coefficient (Wildman–Crippen LogP) is 2.16. The number of pyridine rings is 1. The first kappa shape index (κ1) is 10.2. The molecule has 5 heteroatoms. The third kappa shape index (κ3) is 2.56. The standard InChI is InChI=1S/C10H10BrN3O/c1-14-5-4-12-10(14)7-15-8-2-3-9(11)13-6-8/h2-6H,7H2,1H3. The summed E-state index contributed by atoms with van der Waals surface area (Å²) < 4.78 is 8.24. The van der Waals surface area contributed by atoms with Gasteiger partial charge in [0.25, 0.3) is 0 Å². The van der Waals surface area contributed by atoms with Crippen molar-refractivity contribution < 1.29 is 4.74 Å². The zero-order valence-electron chi connectivity index (χ0n) is 8.22. The van der Waals surface area contributed by atoms with Crippen LogP contribution in [0.3, 0.4) is 0 Å². The molecule has 0 amide bonds. The number of halogens is 1. The van der Waals surface area contributed by atoms with Crippen LogP contribution in [0.2, 0.25) is 0 Å². The highest BCUT2D eigenvalue weighted by atomic mass is 79.9. The first-order valence-corrected chi connectivity index (χ1v) is 5.25. The van der Waals surface area contributed by atoms with Gasteiger partial charge >= 0.3 is 0 Å². The lowest BCUT2D eigenvalue weighted by Gasteiger charge is -2.05. The van der Waals surface area contributed by atoms with Crippen molar-refractivity contribution in [2.45, 2.75) is 6.61 Å². The highest BCUT2D eigenvalue weighted by Gasteiger charge is 2.00. The average molecular weight is 268 g/mol. The Bertz CT molecular complexity index is 438. The maximum absolute atomic E-state index is 5.52. The number of aromatic nitrogens is 3. The lowest BCUT2D eigenvalue weighted by molar-refractivity contribution is 0.290. The molecule has 2 aromatic rings.